The second-order valence-corrected chi connectivity index (χ2v) is 5.83. The van der Waals surface area contributed by atoms with Crippen LogP contribution in [-0.4, -0.2) is 40.1 Å². The third-order valence-electron chi connectivity index (χ3n) is 3.40. The molecule has 0 aromatic carbocycles. The van der Waals surface area contributed by atoms with Crippen LogP contribution in [0.4, 0.5) is 0 Å². The van der Waals surface area contributed by atoms with Crippen LogP contribution in [0.15, 0.2) is 28.4 Å². The third-order valence-corrected chi connectivity index (χ3v) is 4.34. The lowest BCUT2D eigenvalue weighted by Crippen LogP contribution is -2.42. The first-order chi connectivity index (χ1) is 9.72. The van der Waals surface area contributed by atoms with E-state index in [0.29, 0.717) is 13.0 Å². The van der Waals surface area contributed by atoms with E-state index in [1.165, 1.54) is 11.3 Å². The Labute approximate surface area is 120 Å². The Balaban J connectivity index is 1.64. The Morgan fingerprint density at radius 2 is 2.50 bits per heavy atom. The summed E-state index contributed by atoms with van der Waals surface area (Å²) in [7, 11) is 0. The summed E-state index contributed by atoms with van der Waals surface area (Å²) < 4.78 is 5.03. The molecule has 3 heterocycles. The SMILES string of the molecule is O=C(Cc1csc(-c2ccoc2)n1)N1CCCC(O)C1. The molecule has 2 aromatic heterocycles. The minimum absolute atomic E-state index is 0.0350. The highest BCUT2D eigenvalue weighted by molar-refractivity contribution is 7.13. The number of piperidine rings is 1. The fourth-order valence-corrected chi connectivity index (χ4v) is 3.16. The van der Waals surface area contributed by atoms with E-state index in [1.807, 2.05) is 11.4 Å². The normalized spacial score (nSPS) is 19.2. The van der Waals surface area contributed by atoms with Crippen molar-refractivity contribution in [2.24, 2.45) is 0 Å². The van der Waals surface area contributed by atoms with E-state index in [0.717, 1.165) is 35.7 Å². The average Bonchev–Trinajstić information content (AvgIpc) is 3.08. The van der Waals surface area contributed by atoms with Crippen LogP contribution in [0, 0.1) is 0 Å². The van der Waals surface area contributed by atoms with E-state index >= 15 is 0 Å². The summed E-state index contributed by atoms with van der Waals surface area (Å²) in [6.45, 7) is 1.17. The molecule has 1 fully saturated rings. The zero-order chi connectivity index (χ0) is 13.9. The summed E-state index contributed by atoms with van der Waals surface area (Å²) in [5.41, 5.74) is 1.71. The average molecular weight is 292 g/mol. The van der Waals surface area contributed by atoms with Gasteiger partial charge in [-0.15, -0.1) is 11.3 Å². The van der Waals surface area contributed by atoms with Gasteiger partial charge < -0.3 is 14.4 Å². The monoisotopic (exact) mass is 292 g/mol. The number of rotatable bonds is 3. The lowest BCUT2D eigenvalue weighted by atomic mass is 10.1. The molecule has 0 spiro atoms. The number of thiazole rings is 1. The van der Waals surface area contributed by atoms with Crippen molar-refractivity contribution in [2.75, 3.05) is 13.1 Å². The highest BCUT2D eigenvalue weighted by atomic mass is 32.1. The van der Waals surface area contributed by atoms with Gasteiger partial charge in [-0.25, -0.2) is 4.98 Å². The Kier molecular flexibility index (Phi) is 3.84. The van der Waals surface area contributed by atoms with E-state index < -0.39 is 0 Å². The van der Waals surface area contributed by atoms with Gasteiger partial charge in [-0.3, -0.25) is 4.79 Å². The number of furan rings is 1. The summed E-state index contributed by atoms with van der Waals surface area (Å²) in [5, 5.41) is 12.4. The van der Waals surface area contributed by atoms with E-state index in [1.54, 1.807) is 17.4 Å². The molecular weight excluding hydrogens is 276 g/mol. The predicted molar refractivity (Wildman–Crippen MR) is 75.3 cm³/mol. The Morgan fingerprint density at radius 1 is 1.60 bits per heavy atom. The number of β-amino-alcohol motifs (C(OH)–C–C–N with tert-alkyl or cyclic N) is 1. The van der Waals surface area contributed by atoms with Crippen molar-refractivity contribution in [3.63, 3.8) is 0 Å². The zero-order valence-electron chi connectivity index (χ0n) is 11.0. The van der Waals surface area contributed by atoms with Gasteiger partial charge in [-0.2, -0.15) is 0 Å². The molecule has 2 aromatic rings. The number of carbonyl (C=O) groups excluding carboxylic acids is 1. The Hall–Kier alpha value is -1.66. The van der Waals surface area contributed by atoms with Crippen molar-refractivity contribution in [3.8, 4) is 10.6 Å². The molecule has 6 heteroatoms. The van der Waals surface area contributed by atoms with E-state index in [2.05, 4.69) is 4.98 Å². The fourth-order valence-electron chi connectivity index (χ4n) is 2.35. The van der Waals surface area contributed by atoms with Gasteiger partial charge in [0.2, 0.25) is 5.91 Å². The van der Waals surface area contributed by atoms with Gasteiger partial charge in [0.25, 0.3) is 0 Å². The second-order valence-electron chi connectivity index (χ2n) is 4.97. The number of aliphatic hydroxyl groups is 1. The lowest BCUT2D eigenvalue weighted by Gasteiger charge is -2.29. The van der Waals surface area contributed by atoms with Gasteiger partial charge in [-0.05, 0) is 18.9 Å². The molecule has 1 N–H and O–H groups in total. The topological polar surface area (TPSA) is 66.6 Å². The molecule has 0 bridgehead atoms. The van der Waals surface area contributed by atoms with Crippen LogP contribution in [0.2, 0.25) is 0 Å². The summed E-state index contributed by atoms with van der Waals surface area (Å²) in [5.74, 6) is 0.0350. The summed E-state index contributed by atoms with van der Waals surface area (Å²) in [4.78, 5) is 18.4. The van der Waals surface area contributed by atoms with E-state index in [4.69, 9.17) is 4.42 Å². The summed E-state index contributed by atoms with van der Waals surface area (Å²) >= 11 is 1.51. The third kappa shape index (κ3) is 2.91. The summed E-state index contributed by atoms with van der Waals surface area (Å²) in [6, 6.07) is 1.85. The van der Waals surface area contributed by atoms with Crippen LogP contribution in [0.25, 0.3) is 10.6 Å². The Morgan fingerprint density at radius 3 is 3.25 bits per heavy atom. The van der Waals surface area contributed by atoms with Crippen molar-refractivity contribution < 1.29 is 14.3 Å². The molecule has 5 nitrogen and oxygen atoms in total. The van der Waals surface area contributed by atoms with Gasteiger partial charge in [0.1, 0.15) is 11.3 Å². The zero-order valence-corrected chi connectivity index (χ0v) is 11.8. The van der Waals surface area contributed by atoms with E-state index in [-0.39, 0.29) is 12.0 Å². The molecule has 1 unspecified atom stereocenters. The number of likely N-dealkylation sites (tertiary alicyclic amines) is 1. The number of aliphatic hydroxyl groups excluding tert-OH is 1. The van der Waals surface area contributed by atoms with Crippen molar-refractivity contribution in [3.05, 3.63) is 29.7 Å². The largest absolute Gasteiger partial charge is 0.472 e. The number of nitrogens with zero attached hydrogens (tertiary/aromatic N) is 2. The molecule has 0 saturated carbocycles. The molecular formula is C14H16N2O3S. The number of aromatic nitrogens is 1. The van der Waals surface area contributed by atoms with Crippen LogP contribution in [0.3, 0.4) is 0 Å². The van der Waals surface area contributed by atoms with Gasteiger partial charge in [0.15, 0.2) is 0 Å². The minimum Gasteiger partial charge on any atom is -0.472 e. The van der Waals surface area contributed by atoms with Gasteiger partial charge in [-0.1, -0.05) is 0 Å². The first kappa shape index (κ1) is 13.3. The number of hydrogen-bond donors (Lipinski definition) is 1. The maximum atomic E-state index is 12.2. The second kappa shape index (κ2) is 5.76. The van der Waals surface area contributed by atoms with Crippen molar-refractivity contribution in [1.29, 1.82) is 0 Å². The smallest absolute Gasteiger partial charge is 0.228 e. The molecule has 1 aliphatic heterocycles. The first-order valence-electron chi connectivity index (χ1n) is 6.65. The summed E-state index contributed by atoms with van der Waals surface area (Å²) in [6.07, 6.45) is 4.81. The molecule has 1 atom stereocenters. The van der Waals surface area contributed by atoms with Crippen molar-refractivity contribution in [2.45, 2.75) is 25.4 Å². The first-order valence-corrected chi connectivity index (χ1v) is 7.53. The van der Waals surface area contributed by atoms with Gasteiger partial charge in [0, 0.05) is 24.0 Å². The van der Waals surface area contributed by atoms with Crippen LogP contribution in [-0.2, 0) is 11.2 Å². The molecule has 0 aliphatic carbocycles. The molecule has 0 radical (unpaired) electrons. The van der Waals surface area contributed by atoms with Crippen LogP contribution >= 0.6 is 11.3 Å². The maximum absolute atomic E-state index is 12.2. The highest BCUT2D eigenvalue weighted by Crippen LogP contribution is 2.24. The van der Waals surface area contributed by atoms with Crippen LogP contribution in [0.1, 0.15) is 18.5 Å². The fraction of sp³-hybridized carbons (Fsp3) is 0.429. The van der Waals surface area contributed by atoms with Gasteiger partial charge in [0.05, 0.1) is 24.5 Å². The predicted octanol–water partition coefficient (Wildman–Crippen LogP) is 1.93. The molecule has 3 rings (SSSR count). The van der Waals surface area contributed by atoms with Crippen LogP contribution in [0.5, 0.6) is 0 Å². The standard InChI is InChI=1S/C14H16N2O3S/c17-12-2-1-4-16(7-12)13(18)6-11-9-20-14(15-11)10-3-5-19-8-10/h3,5,8-9,12,17H,1-2,4,6-7H2. The van der Waals surface area contributed by atoms with Crippen molar-refractivity contribution in [1.82, 2.24) is 9.88 Å². The molecule has 1 amide bonds. The van der Waals surface area contributed by atoms with Gasteiger partial charge >= 0.3 is 0 Å². The molecule has 1 saturated heterocycles. The molecule has 1 aliphatic rings. The highest BCUT2D eigenvalue weighted by Gasteiger charge is 2.22. The minimum atomic E-state index is -0.385. The maximum Gasteiger partial charge on any atom is 0.228 e. The van der Waals surface area contributed by atoms with Crippen LogP contribution < -0.4 is 0 Å². The number of carbonyl (C=O) groups is 1. The van der Waals surface area contributed by atoms with E-state index in [9.17, 15) is 9.90 Å². The van der Waals surface area contributed by atoms with Crippen molar-refractivity contribution >= 4 is 17.2 Å². The lowest BCUT2D eigenvalue weighted by molar-refractivity contribution is -0.133. The Bertz CT molecular complexity index is 579. The molecule has 20 heavy (non-hydrogen) atoms. The number of hydrogen-bond acceptors (Lipinski definition) is 5. The quantitative estimate of drug-likeness (QED) is 0.938. The molecule has 106 valence electrons. The number of amides is 1.